The summed E-state index contributed by atoms with van der Waals surface area (Å²) in [6, 6.07) is 1.82. The van der Waals surface area contributed by atoms with Crippen LogP contribution in [0.5, 0.6) is 0 Å². The van der Waals surface area contributed by atoms with Gasteiger partial charge in [0.15, 0.2) is 0 Å². The Morgan fingerprint density at radius 3 is 3.00 bits per heavy atom. The average Bonchev–Trinajstić information content (AvgIpc) is 3.26. The molecule has 136 valence electrons. The fourth-order valence-electron chi connectivity index (χ4n) is 3.62. The molecule has 7 nitrogen and oxygen atoms in total. The van der Waals surface area contributed by atoms with E-state index in [1.165, 1.54) is 11.2 Å². The maximum atomic E-state index is 14.1. The molecule has 1 atom stereocenters. The maximum Gasteiger partial charge on any atom is 0.263 e. The van der Waals surface area contributed by atoms with Crippen molar-refractivity contribution >= 4 is 22.8 Å². The monoisotopic (exact) mass is 352 g/mol. The normalized spacial score (nSPS) is 20.6. The number of hydrogen-bond donors (Lipinski definition) is 2. The van der Waals surface area contributed by atoms with Gasteiger partial charge in [-0.3, -0.25) is 4.79 Å². The lowest BCUT2D eigenvalue weighted by Gasteiger charge is -2.41. The van der Waals surface area contributed by atoms with Crippen molar-refractivity contribution in [3.05, 3.63) is 18.6 Å². The van der Waals surface area contributed by atoms with Gasteiger partial charge < -0.3 is 20.5 Å². The molecule has 2 aromatic heterocycles. The van der Waals surface area contributed by atoms with E-state index >= 15 is 0 Å². The summed E-state index contributed by atoms with van der Waals surface area (Å²) >= 11 is 0. The van der Waals surface area contributed by atoms with Gasteiger partial charge in [-0.15, -0.1) is 0 Å². The highest BCUT2D eigenvalue weighted by atomic mass is 19.3. The molecule has 3 N–H and O–H groups in total. The first-order valence-corrected chi connectivity index (χ1v) is 8.35. The Balaban J connectivity index is 1.98. The lowest BCUT2D eigenvalue weighted by Crippen LogP contribution is -2.60. The number of alkyl halides is 2. The molecular formula is C16H22F2N6O. The van der Waals surface area contributed by atoms with Gasteiger partial charge in [-0.25, -0.2) is 18.7 Å². The van der Waals surface area contributed by atoms with E-state index in [1.807, 2.05) is 13.0 Å². The number of carbonyl (C=O) groups excluding carboxylic acids is 1. The number of rotatable bonds is 6. The molecule has 1 aliphatic heterocycles. The number of amides is 1. The molecule has 1 amide bonds. The van der Waals surface area contributed by atoms with Crippen LogP contribution in [0.4, 0.5) is 14.6 Å². The molecule has 1 fully saturated rings. The molecule has 0 aromatic carbocycles. The second-order valence-corrected chi connectivity index (χ2v) is 6.21. The highest BCUT2D eigenvalue weighted by Crippen LogP contribution is 2.37. The molecule has 2 aromatic rings. The second-order valence-electron chi connectivity index (χ2n) is 6.21. The highest BCUT2D eigenvalue weighted by molar-refractivity contribution is 5.87. The number of carbonyl (C=O) groups is 1. The van der Waals surface area contributed by atoms with E-state index in [0.717, 1.165) is 5.39 Å². The predicted molar refractivity (Wildman–Crippen MR) is 90.5 cm³/mol. The molecule has 1 saturated heterocycles. The van der Waals surface area contributed by atoms with Crippen molar-refractivity contribution in [3.8, 4) is 0 Å². The van der Waals surface area contributed by atoms with Gasteiger partial charge in [-0.2, -0.15) is 0 Å². The fraction of sp³-hybridized carbons (Fsp3) is 0.562. The van der Waals surface area contributed by atoms with Crippen LogP contribution in [0.2, 0.25) is 0 Å². The zero-order chi connectivity index (χ0) is 18.0. The molecule has 0 radical (unpaired) electrons. The number of nitrogens with zero attached hydrogens (tertiary/aromatic N) is 4. The standard InChI is InChI=1S/C16H22F2N6O/c1-2-23(14-11-4-6-20-13(11)21-10-22-14)9-16(15(17)18)5-3-7-24(16)12(25)8-19/h4,6,10,15H,2-3,5,7-9,19H2,1H3,(H,20,21,22). The van der Waals surface area contributed by atoms with Gasteiger partial charge in [-0.05, 0) is 25.8 Å². The first-order valence-electron chi connectivity index (χ1n) is 8.35. The molecular weight excluding hydrogens is 330 g/mol. The summed E-state index contributed by atoms with van der Waals surface area (Å²) in [5, 5.41) is 0.767. The molecule has 3 rings (SSSR count). The van der Waals surface area contributed by atoms with Crippen molar-refractivity contribution in [2.45, 2.75) is 31.7 Å². The number of likely N-dealkylation sites (tertiary alicyclic amines) is 1. The lowest BCUT2D eigenvalue weighted by molar-refractivity contribution is -0.139. The molecule has 0 saturated carbocycles. The number of nitrogens with one attached hydrogen (secondary N) is 1. The summed E-state index contributed by atoms with van der Waals surface area (Å²) in [4.78, 5) is 26.6. The fourth-order valence-corrected chi connectivity index (χ4v) is 3.62. The third-order valence-electron chi connectivity index (χ3n) is 4.89. The Labute approximate surface area is 144 Å². The van der Waals surface area contributed by atoms with Crippen molar-refractivity contribution < 1.29 is 13.6 Å². The summed E-state index contributed by atoms with van der Waals surface area (Å²) in [5.74, 6) is 0.143. The van der Waals surface area contributed by atoms with Crippen LogP contribution in [-0.2, 0) is 4.79 Å². The van der Waals surface area contributed by atoms with Crippen LogP contribution < -0.4 is 10.6 Å². The van der Waals surface area contributed by atoms with E-state index in [2.05, 4.69) is 15.0 Å². The second kappa shape index (κ2) is 6.91. The van der Waals surface area contributed by atoms with E-state index in [0.29, 0.717) is 31.0 Å². The molecule has 9 heteroatoms. The molecule has 0 bridgehead atoms. The topological polar surface area (TPSA) is 91.1 Å². The minimum Gasteiger partial charge on any atom is -0.354 e. The first-order chi connectivity index (χ1) is 12.0. The number of hydrogen-bond acceptors (Lipinski definition) is 5. The number of halogens is 2. The third-order valence-corrected chi connectivity index (χ3v) is 4.89. The molecule has 3 heterocycles. The van der Waals surface area contributed by atoms with Gasteiger partial charge in [0.25, 0.3) is 6.43 Å². The number of aromatic amines is 1. The number of H-pyrrole nitrogens is 1. The van der Waals surface area contributed by atoms with Crippen molar-refractivity contribution in [1.29, 1.82) is 0 Å². The van der Waals surface area contributed by atoms with Crippen LogP contribution in [0.3, 0.4) is 0 Å². The summed E-state index contributed by atoms with van der Waals surface area (Å²) in [5.41, 5.74) is 4.54. The van der Waals surface area contributed by atoms with Crippen molar-refractivity contribution in [2.75, 3.05) is 31.1 Å². The van der Waals surface area contributed by atoms with Gasteiger partial charge >= 0.3 is 0 Å². The quantitative estimate of drug-likeness (QED) is 0.819. The molecule has 0 spiro atoms. The predicted octanol–water partition coefficient (Wildman–Crippen LogP) is 1.37. The highest BCUT2D eigenvalue weighted by Gasteiger charge is 2.51. The smallest absolute Gasteiger partial charge is 0.263 e. The van der Waals surface area contributed by atoms with Gasteiger partial charge in [0, 0.05) is 25.8 Å². The maximum absolute atomic E-state index is 14.1. The summed E-state index contributed by atoms with van der Waals surface area (Å²) in [6.45, 7) is 2.40. The number of aromatic nitrogens is 3. The molecule has 0 aliphatic carbocycles. The summed E-state index contributed by atoms with van der Waals surface area (Å²) in [7, 11) is 0. The van der Waals surface area contributed by atoms with Crippen LogP contribution in [0, 0.1) is 0 Å². The Kier molecular flexibility index (Phi) is 4.85. The van der Waals surface area contributed by atoms with E-state index in [-0.39, 0.29) is 19.5 Å². The number of nitrogens with two attached hydrogens (primary N) is 1. The Morgan fingerprint density at radius 1 is 1.52 bits per heavy atom. The zero-order valence-corrected chi connectivity index (χ0v) is 14.1. The van der Waals surface area contributed by atoms with E-state index in [4.69, 9.17) is 5.73 Å². The third kappa shape index (κ3) is 2.92. The number of anilines is 1. The molecule has 1 aliphatic rings. The number of fused-ring (bicyclic) bond motifs is 1. The van der Waals surface area contributed by atoms with Crippen LogP contribution in [0.15, 0.2) is 18.6 Å². The minimum absolute atomic E-state index is 0.00417. The van der Waals surface area contributed by atoms with E-state index in [1.54, 1.807) is 11.1 Å². The zero-order valence-electron chi connectivity index (χ0n) is 14.1. The minimum atomic E-state index is -2.66. The molecule has 1 unspecified atom stereocenters. The largest absolute Gasteiger partial charge is 0.354 e. The van der Waals surface area contributed by atoms with E-state index < -0.39 is 17.9 Å². The first kappa shape index (κ1) is 17.5. The van der Waals surface area contributed by atoms with Crippen LogP contribution in [0.25, 0.3) is 11.0 Å². The Morgan fingerprint density at radius 2 is 2.32 bits per heavy atom. The van der Waals surface area contributed by atoms with Gasteiger partial charge in [0.2, 0.25) is 5.91 Å². The van der Waals surface area contributed by atoms with Crippen LogP contribution in [0.1, 0.15) is 19.8 Å². The van der Waals surface area contributed by atoms with Crippen molar-refractivity contribution in [2.24, 2.45) is 5.73 Å². The van der Waals surface area contributed by atoms with Crippen LogP contribution in [-0.4, -0.2) is 63.9 Å². The van der Waals surface area contributed by atoms with E-state index in [9.17, 15) is 13.6 Å². The Bertz CT molecular complexity index is 751. The Hall–Kier alpha value is -2.29. The van der Waals surface area contributed by atoms with Crippen molar-refractivity contribution in [1.82, 2.24) is 19.9 Å². The van der Waals surface area contributed by atoms with Crippen LogP contribution >= 0.6 is 0 Å². The SMILES string of the molecule is CCN(CC1(C(F)F)CCCN1C(=O)CN)c1ncnc2[nH]ccc12. The number of likely N-dealkylation sites (N-methyl/N-ethyl adjacent to an activating group) is 1. The van der Waals surface area contributed by atoms with Gasteiger partial charge in [0.1, 0.15) is 23.3 Å². The average molecular weight is 352 g/mol. The summed E-state index contributed by atoms with van der Waals surface area (Å²) < 4.78 is 28.2. The lowest BCUT2D eigenvalue weighted by atomic mass is 9.95. The molecule has 25 heavy (non-hydrogen) atoms. The van der Waals surface area contributed by atoms with Gasteiger partial charge in [-0.1, -0.05) is 0 Å². The van der Waals surface area contributed by atoms with Gasteiger partial charge in [0.05, 0.1) is 11.9 Å². The summed E-state index contributed by atoms with van der Waals surface area (Å²) in [6.07, 6.45) is 1.26. The van der Waals surface area contributed by atoms with Crippen molar-refractivity contribution in [3.63, 3.8) is 0 Å².